The summed E-state index contributed by atoms with van der Waals surface area (Å²) in [6, 6.07) is 2.06. The first-order valence-electron chi connectivity index (χ1n) is 10.7. The Hall–Kier alpha value is -1.29. The highest BCUT2D eigenvalue weighted by atomic mass is 127. The molecule has 2 aliphatic heterocycles. The van der Waals surface area contributed by atoms with E-state index in [0.29, 0.717) is 19.0 Å². The van der Waals surface area contributed by atoms with Gasteiger partial charge in [0.25, 0.3) is 0 Å². The van der Waals surface area contributed by atoms with Crippen LogP contribution in [0.3, 0.4) is 0 Å². The topological polar surface area (TPSA) is 64.3 Å². The molecule has 2 aliphatic rings. The number of nitrogens with one attached hydrogen (secondary N) is 1. The fraction of sp³-hybridized carbons (Fsp3) is 0.714. The average molecular weight is 517 g/mol. The lowest BCUT2D eigenvalue weighted by atomic mass is 10.1. The highest BCUT2D eigenvalue weighted by molar-refractivity contribution is 14.0. The minimum atomic E-state index is 0. The Morgan fingerprint density at radius 3 is 2.34 bits per heavy atom. The molecule has 7 nitrogen and oxygen atoms in total. The predicted octanol–water partition coefficient (Wildman–Crippen LogP) is 2.61. The van der Waals surface area contributed by atoms with Gasteiger partial charge >= 0.3 is 0 Å². The van der Waals surface area contributed by atoms with E-state index >= 15 is 0 Å². The molecule has 1 N–H and O–H groups in total. The number of carbonyl (C=O) groups is 1. The van der Waals surface area contributed by atoms with E-state index in [1.807, 2.05) is 18.7 Å². The minimum Gasteiger partial charge on any atom is -0.466 e. The summed E-state index contributed by atoms with van der Waals surface area (Å²) < 4.78 is 5.61. The Labute approximate surface area is 191 Å². The first-order valence-corrected chi connectivity index (χ1v) is 10.7. The number of aryl methyl sites for hydroxylation is 2. The number of halogens is 1. The number of carbonyl (C=O) groups excluding carboxylic acids is 1. The molecular formula is C21H36IN5O2. The van der Waals surface area contributed by atoms with Crippen molar-refractivity contribution in [3.63, 3.8) is 0 Å². The van der Waals surface area contributed by atoms with Gasteiger partial charge in [0.05, 0.1) is 13.1 Å². The smallest absolute Gasteiger partial charge is 0.236 e. The summed E-state index contributed by atoms with van der Waals surface area (Å²) in [5.41, 5.74) is 1.14. The second-order valence-electron chi connectivity index (χ2n) is 7.81. The van der Waals surface area contributed by atoms with Crippen LogP contribution < -0.4 is 5.32 Å². The number of likely N-dealkylation sites (tertiary alicyclic amines) is 1. The third kappa shape index (κ3) is 6.87. The molecule has 2 saturated heterocycles. The number of hydrogen-bond donors (Lipinski definition) is 1. The van der Waals surface area contributed by atoms with Gasteiger partial charge in [-0.05, 0) is 46.1 Å². The molecule has 29 heavy (non-hydrogen) atoms. The van der Waals surface area contributed by atoms with Gasteiger partial charge in [0.15, 0.2) is 5.96 Å². The molecule has 3 rings (SSSR count). The predicted molar refractivity (Wildman–Crippen MR) is 127 cm³/mol. The van der Waals surface area contributed by atoms with Crippen LogP contribution in [0, 0.1) is 13.8 Å². The van der Waals surface area contributed by atoms with Crippen molar-refractivity contribution in [2.45, 2.75) is 46.6 Å². The van der Waals surface area contributed by atoms with Crippen molar-refractivity contribution >= 4 is 35.8 Å². The summed E-state index contributed by atoms with van der Waals surface area (Å²) in [6.07, 6.45) is 3.56. The molecule has 0 aliphatic carbocycles. The number of rotatable bonds is 5. The van der Waals surface area contributed by atoms with E-state index in [1.165, 1.54) is 6.42 Å². The van der Waals surface area contributed by atoms with E-state index < -0.39 is 0 Å². The average Bonchev–Trinajstić information content (AvgIpc) is 3.03. The number of guanidine groups is 1. The number of aliphatic imine (C=N–C) groups is 1. The van der Waals surface area contributed by atoms with Crippen molar-refractivity contribution in [2.24, 2.45) is 4.99 Å². The summed E-state index contributed by atoms with van der Waals surface area (Å²) in [5.74, 6) is 3.11. The number of piperazine rings is 1. The molecule has 0 radical (unpaired) electrons. The zero-order valence-corrected chi connectivity index (χ0v) is 20.4. The monoisotopic (exact) mass is 517 g/mol. The Bertz CT molecular complexity index is 677. The molecule has 0 saturated carbocycles. The lowest BCUT2D eigenvalue weighted by Gasteiger charge is -2.37. The van der Waals surface area contributed by atoms with E-state index in [4.69, 9.17) is 9.41 Å². The molecule has 164 valence electrons. The quantitative estimate of drug-likeness (QED) is 0.370. The highest BCUT2D eigenvalue weighted by Gasteiger charge is 2.24. The molecule has 1 aromatic heterocycles. The lowest BCUT2D eigenvalue weighted by molar-refractivity contribution is -0.133. The van der Waals surface area contributed by atoms with E-state index in [2.05, 4.69) is 28.1 Å². The number of furan rings is 1. The largest absolute Gasteiger partial charge is 0.466 e. The van der Waals surface area contributed by atoms with E-state index in [0.717, 1.165) is 81.7 Å². The van der Waals surface area contributed by atoms with Crippen molar-refractivity contribution in [3.8, 4) is 0 Å². The Morgan fingerprint density at radius 2 is 1.76 bits per heavy atom. The van der Waals surface area contributed by atoms with Gasteiger partial charge in [0, 0.05) is 51.4 Å². The molecule has 0 bridgehead atoms. The normalized spacial score (nSPS) is 18.5. The third-order valence-electron chi connectivity index (χ3n) is 5.62. The van der Waals surface area contributed by atoms with Gasteiger partial charge < -0.3 is 19.5 Å². The Morgan fingerprint density at radius 1 is 1.07 bits per heavy atom. The standard InChI is InChI=1S/C21H35N5O2.HI/c1-4-22-21(23-15-19-14-17(2)28-18(19)3)26-12-10-24(11-13-26)16-20(27)25-8-6-5-7-9-25;/h14H,4-13,15-16H2,1-3H3,(H,22,23);1H. The van der Waals surface area contributed by atoms with Crippen molar-refractivity contribution < 1.29 is 9.21 Å². The molecule has 2 fully saturated rings. The second-order valence-corrected chi connectivity index (χ2v) is 7.81. The van der Waals surface area contributed by atoms with E-state index in [1.54, 1.807) is 0 Å². The van der Waals surface area contributed by atoms with Crippen LogP contribution in [0.4, 0.5) is 0 Å². The van der Waals surface area contributed by atoms with Crippen LogP contribution in [0.15, 0.2) is 15.5 Å². The van der Waals surface area contributed by atoms with Gasteiger partial charge in [0.2, 0.25) is 5.91 Å². The zero-order valence-electron chi connectivity index (χ0n) is 18.1. The first kappa shape index (κ1) is 24.0. The van der Waals surface area contributed by atoms with Gasteiger partial charge in [-0.3, -0.25) is 9.69 Å². The number of piperidine rings is 1. The van der Waals surface area contributed by atoms with Crippen molar-refractivity contribution in [3.05, 3.63) is 23.2 Å². The number of amides is 1. The van der Waals surface area contributed by atoms with Crippen molar-refractivity contribution in [2.75, 3.05) is 52.4 Å². The maximum absolute atomic E-state index is 12.5. The second kappa shape index (κ2) is 11.8. The minimum absolute atomic E-state index is 0. The van der Waals surface area contributed by atoms with Crippen molar-refractivity contribution in [1.82, 2.24) is 20.0 Å². The Balaban J connectivity index is 0.00000300. The van der Waals surface area contributed by atoms with Crippen LogP contribution in [-0.4, -0.2) is 78.9 Å². The molecule has 0 atom stereocenters. The van der Waals surface area contributed by atoms with Crippen LogP contribution in [-0.2, 0) is 11.3 Å². The van der Waals surface area contributed by atoms with Crippen molar-refractivity contribution in [1.29, 1.82) is 0 Å². The number of hydrogen-bond acceptors (Lipinski definition) is 4. The highest BCUT2D eigenvalue weighted by Crippen LogP contribution is 2.15. The molecule has 0 spiro atoms. The van der Waals surface area contributed by atoms with Crippen LogP contribution in [0.5, 0.6) is 0 Å². The molecule has 8 heteroatoms. The summed E-state index contributed by atoms with van der Waals surface area (Å²) >= 11 is 0. The molecule has 0 aromatic carbocycles. The van der Waals surface area contributed by atoms with Gasteiger partial charge in [-0.2, -0.15) is 0 Å². The molecule has 1 aromatic rings. The maximum Gasteiger partial charge on any atom is 0.236 e. The zero-order chi connectivity index (χ0) is 19.9. The summed E-state index contributed by atoms with van der Waals surface area (Å²) in [7, 11) is 0. The van der Waals surface area contributed by atoms with Crippen LogP contribution in [0.25, 0.3) is 0 Å². The first-order chi connectivity index (χ1) is 13.6. The van der Waals surface area contributed by atoms with Gasteiger partial charge in [-0.1, -0.05) is 0 Å². The van der Waals surface area contributed by atoms with Crippen LogP contribution in [0.2, 0.25) is 0 Å². The third-order valence-corrected chi connectivity index (χ3v) is 5.62. The SMILES string of the molecule is CCNC(=NCc1cc(C)oc1C)N1CCN(CC(=O)N2CCCCC2)CC1.I. The maximum atomic E-state index is 12.5. The molecule has 3 heterocycles. The van der Waals surface area contributed by atoms with Gasteiger partial charge in [-0.25, -0.2) is 4.99 Å². The molecule has 0 unspecified atom stereocenters. The summed E-state index contributed by atoms with van der Waals surface area (Å²) in [5, 5.41) is 3.41. The Kier molecular flexibility index (Phi) is 9.74. The molecular weight excluding hydrogens is 481 g/mol. The van der Waals surface area contributed by atoms with Gasteiger partial charge in [-0.15, -0.1) is 24.0 Å². The van der Waals surface area contributed by atoms with Gasteiger partial charge in [0.1, 0.15) is 11.5 Å². The molecule has 1 amide bonds. The summed E-state index contributed by atoms with van der Waals surface area (Å²) in [4.78, 5) is 23.9. The van der Waals surface area contributed by atoms with E-state index in [-0.39, 0.29) is 24.0 Å². The lowest BCUT2D eigenvalue weighted by Crippen LogP contribution is -2.54. The fourth-order valence-electron chi connectivity index (χ4n) is 3.98. The van der Waals surface area contributed by atoms with Crippen LogP contribution >= 0.6 is 24.0 Å². The fourth-order valence-corrected chi connectivity index (χ4v) is 3.98. The summed E-state index contributed by atoms with van der Waals surface area (Å²) in [6.45, 7) is 13.5. The van der Waals surface area contributed by atoms with Crippen LogP contribution in [0.1, 0.15) is 43.3 Å². The van der Waals surface area contributed by atoms with E-state index in [9.17, 15) is 4.79 Å². The number of nitrogens with zero attached hydrogens (tertiary/aromatic N) is 4.